The van der Waals surface area contributed by atoms with E-state index in [1.165, 1.54) is 37.8 Å². The molecule has 0 aliphatic carbocycles. The fourth-order valence-corrected chi connectivity index (χ4v) is 7.37. The van der Waals surface area contributed by atoms with Gasteiger partial charge in [-0.15, -0.1) is 0 Å². The van der Waals surface area contributed by atoms with Crippen LogP contribution < -0.4 is 0 Å². The molecule has 2 aliphatic rings. The predicted molar refractivity (Wildman–Crippen MR) is 124 cm³/mol. The van der Waals surface area contributed by atoms with Gasteiger partial charge in [0.05, 0.1) is 15.7 Å². The zero-order valence-corrected chi connectivity index (χ0v) is 21.1. The van der Waals surface area contributed by atoms with Crippen LogP contribution >= 0.6 is 0 Å². The first-order valence-electron chi connectivity index (χ1n) is 11.4. The van der Waals surface area contributed by atoms with E-state index in [9.17, 15) is 26.4 Å². The Hall–Kier alpha value is -2.22. The van der Waals surface area contributed by atoms with E-state index in [0.717, 1.165) is 0 Å². The molecule has 34 heavy (non-hydrogen) atoms. The Morgan fingerprint density at radius 3 is 1.97 bits per heavy atom. The summed E-state index contributed by atoms with van der Waals surface area (Å²) >= 11 is 0. The number of amides is 2. The first-order chi connectivity index (χ1) is 16.0. The lowest BCUT2D eigenvalue weighted by molar-refractivity contribution is -0.138. The summed E-state index contributed by atoms with van der Waals surface area (Å²) in [4.78, 5) is 26.9. The number of carbonyl (C=O) groups excluding carboxylic acids is 1. The summed E-state index contributed by atoms with van der Waals surface area (Å²) in [5.74, 6) is -0.659. The summed E-state index contributed by atoms with van der Waals surface area (Å²) in [7, 11) is -7.60. The second-order valence-corrected chi connectivity index (χ2v) is 12.2. The van der Waals surface area contributed by atoms with Gasteiger partial charge in [0.25, 0.3) is 0 Å². The zero-order chi connectivity index (χ0) is 25.1. The standard InChI is InChI=1S/C21H32N4O7S2/c1-3-24(4-2)33(29,30)18-7-9-19(10-8-18)34(31,32)25-11-5-6-17(16-25)20(26)22-12-14-23(15-13-22)21(27)28/h7-10,17H,3-6,11-16H2,1-2H3,(H,27,28)/t17-/m1/s1. The molecule has 0 bridgehead atoms. The molecule has 2 fully saturated rings. The molecule has 190 valence electrons. The zero-order valence-electron chi connectivity index (χ0n) is 19.5. The second-order valence-electron chi connectivity index (χ2n) is 8.36. The SMILES string of the molecule is CCN(CC)S(=O)(=O)c1ccc(S(=O)(=O)N2CCC[C@@H](C(=O)N3CCN(C(=O)O)CC3)C2)cc1. The molecule has 2 amide bonds. The second kappa shape index (κ2) is 10.6. The minimum atomic E-state index is -3.90. The maximum Gasteiger partial charge on any atom is 0.407 e. The maximum atomic E-state index is 13.2. The van der Waals surface area contributed by atoms with Crippen molar-refractivity contribution in [3.05, 3.63) is 24.3 Å². The summed E-state index contributed by atoms with van der Waals surface area (Å²) < 4.78 is 54.4. The monoisotopic (exact) mass is 516 g/mol. The van der Waals surface area contributed by atoms with Gasteiger partial charge >= 0.3 is 6.09 Å². The van der Waals surface area contributed by atoms with Gasteiger partial charge in [0, 0.05) is 52.4 Å². The summed E-state index contributed by atoms with van der Waals surface area (Å²) in [5.41, 5.74) is 0. The fraction of sp³-hybridized carbons (Fsp3) is 0.619. The number of piperidine rings is 1. The Bertz CT molecular complexity index is 1090. The smallest absolute Gasteiger partial charge is 0.407 e. The predicted octanol–water partition coefficient (Wildman–Crippen LogP) is 0.940. The van der Waals surface area contributed by atoms with E-state index in [-0.39, 0.29) is 55.0 Å². The number of carboxylic acid groups (broad SMARTS) is 1. The van der Waals surface area contributed by atoms with Crippen LogP contribution in [0.1, 0.15) is 26.7 Å². The van der Waals surface area contributed by atoms with Gasteiger partial charge in [-0.05, 0) is 37.1 Å². The highest BCUT2D eigenvalue weighted by Crippen LogP contribution is 2.26. The Morgan fingerprint density at radius 1 is 0.912 bits per heavy atom. The lowest BCUT2D eigenvalue weighted by Gasteiger charge is -2.37. The fourth-order valence-electron chi connectivity index (χ4n) is 4.38. The summed E-state index contributed by atoms with van der Waals surface area (Å²) in [5, 5.41) is 9.07. The lowest BCUT2D eigenvalue weighted by atomic mass is 9.98. The Morgan fingerprint density at radius 2 is 1.44 bits per heavy atom. The van der Waals surface area contributed by atoms with Crippen molar-refractivity contribution in [3.63, 3.8) is 0 Å². The van der Waals surface area contributed by atoms with Crippen molar-refractivity contribution in [3.8, 4) is 0 Å². The van der Waals surface area contributed by atoms with Gasteiger partial charge < -0.3 is 14.9 Å². The molecular formula is C21H32N4O7S2. The Labute approximate surface area is 201 Å². The quantitative estimate of drug-likeness (QED) is 0.570. The molecule has 1 atom stereocenters. The maximum absolute atomic E-state index is 13.2. The van der Waals surface area contributed by atoms with Crippen molar-refractivity contribution in [2.45, 2.75) is 36.5 Å². The molecule has 13 heteroatoms. The van der Waals surface area contributed by atoms with Crippen molar-refractivity contribution in [2.75, 3.05) is 52.4 Å². The van der Waals surface area contributed by atoms with Gasteiger partial charge in [-0.3, -0.25) is 4.79 Å². The van der Waals surface area contributed by atoms with Crippen molar-refractivity contribution in [1.82, 2.24) is 18.4 Å². The number of carbonyl (C=O) groups is 2. The number of rotatable bonds is 7. The van der Waals surface area contributed by atoms with Crippen LogP contribution in [-0.2, 0) is 24.8 Å². The molecule has 3 rings (SSSR count). The molecule has 0 aromatic heterocycles. The third-order valence-electron chi connectivity index (χ3n) is 6.40. The summed E-state index contributed by atoms with van der Waals surface area (Å²) in [6, 6.07) is 5.19. The van der Waals surface area contributed by atoms with E-state index in [1.807, 2.05) is 0 Å². The molecule has 0 unspecified atom stereocenters. The number of hydrogen-bond donors (Lipinski definition) is 1. The topological polar surface area (TPSA) is 136 Å². The van der Waals surface area contributed by atoms with Gasteiger partial charge in [0.1, 0.15) is 0 Å². The van der Waals surface area contributed by atoms with E-state index < -0.39 is 32.1 Å². The highest BCUT2D eigenvalue weighted by atomic mass is 32.2. The van der Waals surface area contributed by atoms with Crippen LogP contribution in [0, 0.1) is 5.92 Å². The Balaban J connectivity index is 1.71. The van der Waals surface area contributed by atoms with Crippen molar-refractivity contribution >= 4 is 32.0 Å². The molecule has 1 aromatic carbocycles. The van der Waals surface area contributed by atoms with E-state index in [2.05, 4.69) is 0 Å². The summed E-state index contributed by atoms with van der Waals surface area (Å²) in [6.07, 6.45) is 0.0717. The van der Waals surface area contributed by atoms with E-state index in [4.69, 9.17) is 5.11 Å². The molecule has 11 nitrogen and oxygen atoms in total. The first-order valence-corrected chi connectivity index (χ1v) is 14.3. The van der Waals surface area contributed by atoms with Crippen LogP contribution in [0.25, 0.3) is 0 Å². The number of hydrogen-bond acceptors (Lipinski definition) is 6. The molecule has 1 N–H and O–H groups in total. The van der Waals surface area contributed by atoms with Crippen molar-refractivity contribution in [2.24, 2.45) is 5.92 Å². The van der Waals surface area contributed by atoms with Crippen LogP contribution in [0.5, 0.6) is 0 Å². The molecule has 2 saturated heterocycles. The number of piperazine rings is 1. The normalized spacial score (nSPS) is 20.5. The van der Waals surface area contributed by atoms with E-state index in [1.54, 1.807) is 18.7 Å². The third-order valence-corrected chi connectivity index (χ3v) is 10.3. The van der Waals surface area contributed by atoms with Crippen molar-refractivity contribution < 1.29 is 31.5 Å². The van der Waals surface area contributed by atoms with Gasteiger partial charge in [-0.2, -0.15) is 8.61 Å². The lowest BCUT2D eigenvalue weighted by Crippen LogP contribution is -2.53. The highest BCUT2D eigenvalue weighted by Gasteiger charge is 2.36. The van der Waals surface area contributed by atoms with Gasteiger partial charge in [-0.25, -0.2) is 21.6 Å². The average Bonchev–Trinajstić information content (AvgIpc) is 2.84. The molecule has 0 spiro atoms. The van der Waals surface area contributed by atoms with Crippen molar-refractivity contribution in [1.29, 1.82) is 0 Å². The molecule has 0 saturated carbocycles. The van der Waals surface area contributed by atoms with Crippen LogP contribution in [0.15, 0.2) is 34.1 Å². The minimum absolute atomic E-state index is 0.0193. The number of nitrogens with zero attached hydrogens (tertiary/aromatic N) is 4. The van der Waals surface area contributed by atoms with Crippen LogP contribution in [0.2, 0.25) is 0 Å². The average molecular weight is 517 g/mol. The molecule has 2 heterocycles. The largest absolute Gasteiger partial charge is 0.465 e. The molecule has 2 aliphatic heterocycles. The van der Waals surface area contributed by atoms with Gasteiger partial charge in [0.2, 0.25) is 26.0 Å². The third kappa shape index (κ3) is 5.37. The highest BCUT2D eigenvalue weighted by molar-refractivity contribution is 7.89. The molecular weight excluding hydrogens is 484 g/mol. The number of benzene rings is 1. The molecule has 0 radical (unpaired) electrons. The van der Waals surface area contributed by atoms with Gasteiger partial charge in [-0.1, -0.05) is 13.8 Å². The van der Waals surface area contributed by atoms with E-state index in [0.29, 0.717) is 25.9 Å². The van der Waals surface area contributed by atoms with Crippen LogP contribution in [-0.4, -0.2) is 105 Å². The molecule has 1 aromatic rings. The van der Waals surface area contributed by atoms with Gasteiger partial charge in [0.15, 0.2) is 0 Å². The first kappa shape index (κ1) is 26.4. The Kier molecular flexibility index (Phi) is 8.22. The minimum Gasteiger partial charge on any atom is -0.465 e. The van der Waals surface area contributed by atoms with E-state index >= 15 is 0 Å². The summed E-state index contributed by atoms with van der Waals surface area (Å²) in [6.45, 7) is 5.46. The number of sulfonamides is 2. The van der Waals surface area contributed by atoms with Crippen LogP contribution in [0.4, 0.5) is 4.79 Å². The van der Waals surface area contributed by atoms with Crippen LogP contribution in [0.3, 0.4) is 0 Å².